The molecular weight excluding hydrogens is 349 g/mol. The Bertz CT molecular complexity index is 525. The molecule has 0 radical (unpaired) electrons. The number of rotatable bonds is 2. The Kier molecular flexibility index (Phi) is 4.93. The summed E-state index contributed by atoms with van der Waals surface area (Å²) in [5, 5.41) is 2.78. The summed E-state index contributed by atoms with van der Waals surface area (Å²) in [6.07, 6.45) is -1.33. The maximum absolute atomic E-state index is 12.7. The van der Waals surface area contributed by atoms with Crippen LogP contribution in [0.5, 0.6) is 0 Å². The quantitative estimate of drug-likeness (QED) is 0.843. The molecule has 0 spiro atoms. The molecule has 0 saturated heterocycles. The molecule has 1 aliphatic carbocycles. The molecule has 0 aliphatic heterocycles. The van der Waals surface area contributed by atoms with Gasteiger partial charge in [0, 0.05) is 16.6 Å². The van der Waals surface area contributed by atoms with Crippen molar-refractivity contribution in [3.63, 3.8) is 0 Å². The normalized spacial score (nSPS) is 22.9. The minimum atomic E-state index is -4.46. The SMILES string of the molecule is NC1CCC(NC(=O)c2cc(C(F)(F)F)ccc2Br)CC1. The highest BCUT2D eigenvalue weighted by molar-refractivity contribution is 9.10. The zero-order valence-corrected chi connectivity index (χ0v) is 12.8. The van der Waals surface area contributed by atoms with Gasteiger partial charge in [-0.25, -0.2) is 0 Å². The molecule has 3 N–H and O–H groups in total. The predicted molar refractivity (Wildman–Crippen MR) is 76.8 cm³/mol. The molecule has 2 rings (SSSR count). The van der Waals surface area contributed by atoms with Crippen molar-refractivity contribution in [2.75, 3.05) is 0 Å². The van der Waals surface area contributed by atoms with Crippen molar-refractivity contribution in [2.24, 2.45) is 5.73 Å². The first-order valence-electron chi connectivity index (χ1n) is 6.70. The fourth-order valence-electron chi connectivity index (χ4n) is 2.40. The first-order valence-corrected chi connectivity index (χ1v) is 7.50. The molecule has 1 aromatic carbocycles. The van der Waals surface area contributed by atoms with E-state index < -0.39 is 17.6 Å². The number of nitrogens with two attached hydrogens (primary N) is 1. The van der Waals surface area contributed by atoms with E-state index in [-0.39, 0.29) is 17.6 Å². The molecule has 3 nitrogen and oxygen atoms in total. The first kappa shape index (κ1) is 16.3. The van der Waals surface area contributed by atoms with Crippen LogP contribution in [0.25, 0.3) is 0 Å². The van der Waals surface area contributed by atoms with Crippen molar-refractivity contribution in [3.8, 4) is 0 Å². The Morgan fingerprint density at radius 1 is 1.24 bits per heavy atom. The van der Waals surface area contributed by atoms with Gasteiger partial charge in [0.1, 0.15) is 0 Å². The van der Waals surface area contributed by atoms with Crippen LogP contribution in [0.1, 0.15) is 41.6 Å². The third-order valence-corrected chi connectivity index (χ3v) is 4.34. The third-order valence-electron chi connectivity index (χ3n) is 3.65. The van der Waals surface area contributed by atoms with E-state index in [1.165, 1.54) is 6.07 Å². The summed E-state index contributed by atoms with van der Waals surface area (Å²) in [7, 11) is 0. The van der Waals surface area contributed by atoms with Gasteiger partial charge in [0.05, 0.1) is 11.1 Å². The summed E-state index contributed by atoms with van der Waals surface area (Å²) < 4.78 is 38.5. The third kappa shape index (κ3) is 4.20. The van der Waals surface area contributed by atoms with Crippen LogP contribution in [-0.4, -0.2) is 18.0 Å². The largest absolute Gasteiger partial charge is 0.416 e. The molecule has 0 heterocycles. The second-order valence-electron chi connectivity index (χ2n) is 5.28. The lowest BCUT2D eigenvalue weighted by atomic mass is 9.91. The number of benzene rings is 1. The van der Waals surface area contributed by atoms with Crippen molar-refractivity contribution >= 4 is 21.8 Å². The fourth-order valence-corrected chi connectivity index (χ4v) is 2.83. The van der Waals surface area contributed by atoms with E-state index in [4.69, 9.17) is 5.73 Å². The molecule has 116 valence electrons. The Morgan fingerprint density at radius 3 is 2.43 bits per heavy atom. The average Bonchev–Trinajstić information content (AvgIpc) is 2.40. The number of carbonyl (C=O) groups is 1. The van der Waals surface area contributed by atoms with Crippen LogP contribution in [-0.2, 0) is 6.18 Å². The number of hydrogen-bond acceptors (Lipinski definition) is 2. The van der Waals surface area contributed by atoms with E-state index in [2.05, 4.69) is 21.2 Å². The molecule has 1 aliphatic rings. The standard InChI is InChI=1S/C14H16BrF3N2O/c15-12-6-1-8(14(16,17)18)7-11(12)13(21)20-10-4-2-9(19)3-5-10/h1,6-7,9-10H,2-5,19H2,(H,20,21). The molecule has 0 bridgehead atoms. The highest BCUT2D eigenvalue weighted by Crippen LogP contribution is 2.32. The van der Waals surface area contributed by atoms with Crippen LogP contribution in [0.3, 0.4) is 0 Å². The Balaban J connectivity index is 2.11. The molecular formula is C14H16BrF3N2O. The first-order chi connectivity index (χ1) is 9.77. The molecule has 1 fully saturated rings. The molecule has 1 saturated carbocycles. The van der Waals surface area contributed by atoms with E-state index in [1.807, 2.05) is 0 Å². The van der Waals surface area contributed by atoms with Crippen LogP contribution in [0.2, 0.25) is 0 Å². The van der Waals surface area contributed by atoms with Gasteiger partial charge in [-0.2, -0.15) is 13.2 Å². The highest BCUT2D eigenvalue weighted by Gasteiger charge is 2.32. The number of hydrogen-bond donors (Lipinski definition) is 2. The molecule has 1 aromatic rings. The van der Waals surface area contributed by atoms with Gasteiger partial charge in [-0.1, -0.05) is 0 Å². The summed E-state index contributed by atoms with van der Waals surface area (Å²) in [6.45, 7) is 0. The highest BCUT2D eigenvalue weighted by atomic mass is 79.9. The van der Waals surface area contributed by atoms with Crippen LogP contribution in [0.15, 0.2) is 22.7 Å². The fraction of sp³-hybridized carbons (Fsp3) is 0.500. The smallest absolute Gasteiger partial charge is 0.349 e. The molecule has 0 atom stereocenters. The maximum Gasteiger partial charge on any atom is 0.416 e. The van der Waals surface area contributed by atoms with Crippen LogP contribution in [0.4, 0.5) is 13.2 Å². The lowest BCUT2D eigenvalue weighted by Gasteiger charge is -2.27. The lowest BCUT2D eigenvalue weighted by Crippen LogP contribution is -2.40. The molecule has 7 heteroatoms. The number of amides is 1. The van der Waals surface area contributed by atoms with Gasteiger partial charge in [0.25, 0.3) is 5.91 Å². The van der Waals surface area contributed by atoms with Gasteiger partial charge in [0.2, 0.25) is 0 Å². The zero-order valence-electron chi connectivity index (χ0n) is 11.2. The van der Waals surface area contributed by atoms with Crippen molar-refractivity contribution in [1.29, 1.82) is 0 Å². The maximum atomic E-state index is 12.7. The van der Waals surface area contributed by atoms with Crippen LogP contribution in [0, 0.1) is 0 Å². The van der Waals surface area contributed by atoms with Gasteiger partial charge >= 0.3 is 6.18 Å². The average molecular weight is 365 g/mol. The van der Waals surface area contributed by atoms with Gasteiger partial charge in [-0.15, -0.1) is 0 Å². The minimum Gasteiger partial charge on any atom is -0.349 e. The van der Waals surface area contributed by atoms with E-state index in [0.29, 0.717) is 4.47 Å². The Morgan fingerprint density at radius 2 is 1.86 bits per heavy atom. The van der Waals surface area contributed by atoms with Crippen LogP contribution >= 0.6 is 15.9 Å². The summed E-state index contributed by atoms with van der Waals surface area (Å²) in [4.78, 5) is 12.2. The molecule has 0 unspecified atom stereocenters. The monoisotopic (exact) mass is 364 g/mol. The zero-order chi connectivity index (χ0) is 15.6. The molecule has 21 heavy (non-hydrogen) atoms. The van der Waals surface area contributed by atoms with Gasteiger partial charge < -0.3 is 11.1 Å². The summed E-state index contributed by atoms with van der Waals surface area (Å²) in [5.41, 5.74) is 4.95. The van der Waals surface area contributed by atoms with Gasteiger partial charge in [-0.05, 0) is 59.8 Å². The molecule has 0 aromatic heterocycles. The molecule has 1 amide bonds. The number of alkyl halides is 3. The number of carbonyl (C=O) groups excluding carboxylic acids is 1. The summed E-state index contributed by atoms with van der Waals surface area (Å²) >= 11 is 3.12. The van der Waals surface area contributed by atoms with E-state index in [1.54, 1.807) is 0 Å². The Labute approximate surface area is 129 Å². The van der Waals surface area contributed by atoms with Crippen molar-refractivity contribution in [1.82, 2.24) is 5.32 Å². The summed E-state index contributed by atoms with van der Waals surface area (Å²) in [6, 6.07) is 3.18. The van der Waals surface area contributed by atoms with Crippen molar-refractivity contribution in [3.05, 3.63) is 33.8 Å². The van der Waals surface area contributed by atoms with E-state index in [0.717, 1.165) is 37.8 Å². The second kappa shape index (κ2) is 6.36. The number of nitrogens with one attached hydrogen (secondary N) is 1. The Hall–Kier alpha value is -1.08. The topological polar surface area (TPSA) is 55.1 Å². The second-order valence-corrected chi connectivity index (χ2v) is 6.13. The minimum absolute atomic E-state index is 0.000281. The van der Waals surface area contributed by atoms with Crippen LogP contribution < -0.4 is 11.1 Å². The van der Waals surface area contributed by atoms with Gasteiger partial charge in [0.15, 0.2) is 0 Å². The van der Waals surface area contributed by atoms with E-state index in [9.17, 15) is 18.0 Å². The predicted octanol–water partition coefficient (Wildman–Crippen LogP) is 3.47. The van der Waals surface area contributed by atoms with E-state index >= 15 is 0 Å². The lowest BCUT2D eigenvalue weighted by molar-refractivity contribution is -0.137. The van der Waals surface area contributed by atoms with Crippen molar-refractivity contribution in [2.45, 2.75) is 43.9 Å². The van der Waals surface area contributed by atoms with Gasteiger partial charge in [-0.3, -0.25) is 4.79 Å². The summed E-state index contributed by atoms with van der Waals surface area (Å²) in [5.74, 6) is -0.492. The number of halogens is 4. The van der Waals surface area contributed by atoms with Crippen molar-refractivity contribution < 1.29 is 18.0 Å².